The van der Waals surface area contributed by atoms with Crippen LogP contribution in [0.1, 0.15) is 10.5 Å². The number of halogens is 2. The molecule has 0 aliphatic rings. The Labute approximate surface area is 97.0 Å². The summed E-state index contributed by atoms with van der Waals surface area (Å²) in [6, 6.07) is 0. The molecule has 0 saturated carbocycles. The number of hydrogen-bond acceptors (Lipinski definition) is 4. The zero-order valence-electron chi connectivity index (χ0n) is 6.75. The first-order valence-electron chi connectivity index (χ1n) is 3.34. The van der Waals surface area contributed by atoms with Gasteiger partial charge in [0.1, 0.15) is 5.69 Å². The van der Waals surface area contributed by atoms with Crippen LogP contribution in [0.4, 0.5) is 0 Å². The van der Waals surface area contributed by atoms with Crippen molar-refractivity contribution < 1.29 is 4.79 Å². The van der Waals surface area contributed by atoms with Gasteiger partial charge >= 0.3 is 0 Å². The molecule has 1 aromatic heterocycles. The van der Waals surface area contributed by atoms with Crippen molar-refractivity contribution in [2.24, 2.45) is 0 Å². The van der Waals surface area contributed by atoms with Gasteiger partial charge in [0.05, 0.1) is 9.80 Å². The molecule has 1 rings (SSSR count). The fourth-order valence-electron chi connectivity index (χ4n) is 0.708. The van der Waals surface area contributed by atoms with Crippen LogP contribution in [0.25, 0.3) is 0 Å². The van der Waals surface area contributed by atoms with Gasteiger partial charge in [0.15, 0.2) is 10.9 Å². The van der Waals surface area contributed by atoms with E-state index in [1.54, 1.807) is 6.20 Å². The molecule has 1 aromatic rings. The van der Waals surface area contributed by atoms with Crippen LogP contribution in [-0.4, -0.2) is 27.3 Å². The van der Waals surface area contributed by atoms with E-state index in [4.69, 9.17) is 0 Å². The maximum atomic E-state index is 11.3. The van der Waals surface area contributed by atoms with Crippen LogP contribution < -0.4 is 0 Å². The number of aromatic nitrogens is 2. The summed E-state index contributed by atoms with van der Waals surface area (Å²) >= 11 is 7.73. The van der Waals surface area contributed by atoms with E-state index in [1.165, 1.54) is 11.8 Å². The van der Waals surface area contributed by atoms with Crippen molar-refractivity contribution >= 4 is 49.4 Å². The van der Waals surface area contributed by atoms with E-state index in [0.717, 1.165) is 0 Å². The van der Waals surface area contributed by atoms with Crippen molar-refractivity contribution in [2.75, 3.05) is 11.6 Å². The normalized spacial score (nSPS) is 10.1. The lowest BCUT2D eigenvalue weighted by Gasteiger charge is -2.01. The van der Waals surface area contributed by atoms with Gasteiger partial charge in [-0.1, -0.05) is 27.7 Å². The topological polar surface area (TPSA) is 42.9 Å². The summed E-state index contributed by atoms with van der Waals surface area (Å²) in [5.41, 5.74) is 0.427. The van der Waals surface area contributed by atoms with Crippen molar-refractivity contribution in [2.45, 2.75) is 5.16 Å². The van der Waals surface area contributed by atoms with Gasteiger partial charge in [0, 0.05) is 6.20 Å². The lowest BCUT2D eigenvalue weighted by molar-refractivity contribution is 0.101. The van der Waals surface area contributed by atoms with E-state index < -0.39 is 0 Å². The number of Topliss-reactive ketones (excluding diaryl/α,β-unsaturated/α-hetero) is 1. The number of ketones is 1. The molecule has 0 bridgehead atoms. The highest BCUT2D eigenvalue weighted by Gasteiger charge is 2.11. The van der Waals surface area contributed by atoms with Crippen LogP contribution in [-0.2, 0) is 0 Å². The molecule has 1 heterocycles. The van der Waals surface area contributed by atoms with Gasteiger partial charge in [-0.15, -0.1) is 0 Å². The number of rotatable bonds is 3. The van der Waals surface area contributed by atoms with Gasteiger partial charge in [-0.25, -0.2) is 9.97 Å². The van der Waals surface area contributed by atoms with Crippen molar-refractivity contribution in [3.05, 3.63) is 16.4 Å². The van der Waals surface area contributed by atoms with Crippen molar-refractivity contribution in [1.29, 1.82) is 0 Å². The molecule has 0 N–H and O–H groups in total. The van der Waals surface area contributed by atoms with E-state index in [2.05, 4.69) is 41.8 Å². The summed E-state index contributed by atoms with van der Waals surface area (Å²) in [4.78, 5) is 19.4. The first-order valence-corrected chi connectivity index (χ1v) is 6.48. The molecule has 0 spiro atoms. The fourth-order valence-corrected chi connectivity index (χ4v) is 1.73. The van der Waals surface area contributed by atoms with Crippen LogP contribution in [0.2, 0.25) is 0 Å². The predicted molar refractivity (Wildman–Crippen MR) is 59.6 cm³/mol. The molecule has 0 radical (unpaired) electrons. The molecule has 0 saturated heterocycles. The number of nitrogens with zero attached hydrogens (tertiary/aromatic N) is 2. The second-order valence-corrected chi connectivity index (χ2v) is 4.30. The Morgan fingerprint density at radius 3 is 2.92 bits per heavy atom. The zero-order valence-corrected chi connectivity index (χ0v) is 10.7. The molecule has 0 unspecified atom stereocenters. The first kappa shape index (κ1) is 11.1. The SMILES string of the molecule is CSc1ncc(Br)c(C(=O)CBr)n1. The highest BCUT2D eigenvalue weighted by molar-refractivity contribution is 9.10. The Hall–Kier alpha value is 0.0600. The summed E-state index contributed by atoms with van der Waals surface area (Å²) in [6.45, 7) is 0. The second kappa shape index (κ2) is 5.07. The molecule has 3 nitrogen and oxygen atoms in total. The highest BCUT2D eigenvalue weighted by atomic mass is 79.9. The minimum Gasteiger partial charge on any atom is -0.291 e. The number of hydrogen-bond donors (Lipinski definition) is 0. The average Bonchev–Trinajstić information content (AvgIpc) is 2.17. The van der Waals surface area contributed by atoms with Crippen LogP contribution in [0.5, 0.6) is 0 Å². The molecule has 6 heteroatoms. The monoisotopic (exact) mass is 324 g/mol. The van der Waals surface area contributed by atoms with Gasteiger partial charge < -0.3 is 0 Å². The van der Waals surface area contributed by atoms with Crippen LogP contribution in [0.3, 0.4) is 0 Å². The lowest BCUT2D eigenvalue weighted by Crippen LogP contribution is -2.06. The minimum absolute atomic E-state index is 0.0513. The smallest absolute Gasteiger partial charge is 0.192 e. The second-order valence-electron chi connectivity index (χ2n) is 2.11. The van der Waals surface area contributed by atoms with Gasteiger partial charge in [0.2, 0.25) is 0 Å². The Bertz CT molecular complexity index is 332. The van der Waals surface area contributed by atoms with E-state index in [1.807, 2.05) is 6.26 Å². The molecular formula is C7H6Br2N2OS. The summed E-state index contributed by atoms with van der Waals surface area (Å²) in [5, 5.41) is 0.878. The third-order valence-corrected chi connectivity index (χ3v) is 2.94. The molecule has 0 aliphatic heterocycles. The number of thioether (sulfide) groups is 1. The summed E-state index contributed by atoms with van der Waals surface area (Å²) < 4.78 is 0.634. The molecule has 0 aromatic carbocycles. The first-order chi connectivity index (χ1) is 6.19. The highest BCUT2D eigenvalue weighted by Crippen LogP contribution is 2.17. The average molecular weight is 326 g/mol. The Balaban J connectivity index is 3.11. The largest absolute Gasteiger partial charge is 0.291 e. The standard InChI is InChI=1S/C7H6Br2N2OS/c1-13-7-10-3-4(9)6(11-7)5(12)2-8/h3H,2H2,1H3. The predicted octanol–water partition coefficient (Wildman–Crippen LogP) is 2.54. The van der Waals surface area contributed by atoms with E-state index in [-0.39, 0.29) is 11.1 Å². The van der Waals surface area contributed by atoms with Gasteiger partial charge in [0.25, 0.3) is 0 Å². The maximum Gasteiger partial charge on any atom is 0.192 e. The Kier molecular flexibility index (Phi) is 4.34. The lowest BCUT2D eigenvalue weighted by atomic mass is 10.3. The van der Waals surface area contributed by atoms with Crippen LogP contribution in [0.15, 0.2) is 15.8 Å². The number of carbonyl (C=O) groups is 1. The summed E-state index contributed by atoms with van der Waals surface area (Å²) in [6.07, 6.45) is 3.46. The van der Waals surface area contributed by atoms with Crippen molar-refractivity contribution in [1.82, 2.24) is 9.97 Å². The minimum atomic E-state index is -0.0513. The van der Waals surface area contributed by atoms with Crippen molar-refractivity contribution in [3.8, 4) is 0 Å². The van der Waals surface area contributed by atoms with Gasteiger partial charge in [-0.3, -0.25) is 4.79 Å². The molecule has 0 fully saturated rings. The molecular weight excluding hydrogens is 320 g/mol. The Morgan fingerprint density at radius 1 is 1.69 bits per heavy atom. The van der Waals surface area contributed by atoms with Gasteiger partial charge in [-0.2, -0.15) is 0 Å². The summed E-state index contributed by atoms with van der Waals surface area (Å²) in [7, 11) is 0. The van der Waals surface area contributed by atoms with Gasteiger partial charge in [-0.05, 0) is 22.2 Å². The van der Waals surface area contributed by atoms with Crippen LogP contribution >= 0.6 is 43.6 Å². The van der Waals surface area contributed by atoms with Crippen molar-refractivity contribution in [3.63, 3.8) is 0 Å². The van der Waals surface area contributed by atoms with E-state index in [9.17, 15) is 4.79 Å². The molecule has 0 aliphatic carbocycles. The van der Waals surface area contributed by atoms with E-state index in [0.29, 0.717) is 15.3 Å². The third-order valence-electron chi connectivity index (χ3n) is 1.29. The zero-order chi connectivity index (χ0) is 9.84. The molecule has 0 amide bonds. The molecule has 70 valence electrons. The van der Waals surface area contributed by atoms with E-state index >= 15 is 0 Å². The molecule has 0 atom stereocenters. The number of carbonyl (C=O) groups excluding carboxylic acids is 1. The molecule has 13 heavy (non-hydrogen) atoms. The number of alkyl halides is 1. The van der Waals surface area contributed by atoms with Crippen LogP contribution in [0, 0.1) is 0 Å². The third kappa shape index (κ3) is 2.75. The summed E-state index contributed by atoms with van der Waals surface area (Å²) in [5.74, 6) is -0.0513. The Morgan fingerprint density at radius 2 is 2.38 bits per heavy atom. The quantitative estimate of drug-likeness (QED) is 0.371. The fraction of sp³-hybridized carbons (Fsp3) is 0.286. The maximum absolute atomic E-state index is 11.3.